The minimum absolute atomic E-state index is 0.168. The molecule has 2 heterocycles. The monoisotopic (exact) mass is 514 g/mol. The van der Waals surface area contributed by atoms with Gasteiger partial charge in [-0.25, -0.2) is 5.01 Å². The minimum Gasteiger partial charge on any atom is -0.497 e. The Kier molecular flexibility index (Phi) is 6.60. The van der Waals surface area contributed by atoms with Gasteiger partial charge in [-0.05, 0) is 46.3 Å². The molecule has 0 saturated carbocycles. The molecule has 0 N–H and O–H groups in total. The van der Waals surface area contributed by atoms with E-state index in [0.717, 1.165) is 11.1 Å². The van der Waals surface area contributed by atoms with E-state index in [4.69, 9.17) is 28.5 Å². The summed E-state index contributed by atoms with van der Waals surface area (Å²) in [7, 11) is 6.32. The molecule has 9 heteroatoms. The van der Waals surface area contributed by atoms with Crippen LogP contribution in [0.3, 0.4) is 0 Å². The van der Waals surface area contributed by atoms with Crippen molar-refractivity contribution in [3.05, 3.63) is 70.1 Å². The predicted octanol–water partition coefficient (Wildman–Crippen LogP) is 5.07. The van der Waals surface area contributed by atoms with Crippen molar-refractivity contribution in [1.29, 1.82) is 0 Å². The van der Waals surface area contributed by atoms with Crippen LogP contribution in [-0.2, 0) is 0 Å². The average Bonchev–Trinajstić information content (AvgIpc) is 3.49. The number of furan rings is 1. The van der Waals surface area contributed by atoms with E-state index in [1.807, 2.05) is 30.3 Å². The molecule has 3 aromatic rings. The topological polar surface area (TPSA) is 82.7 Å². The van der Waals surface area contributed by atoms with Gasteiger partial charge in [0.05, 0.1) is 40.2 Å². The van der Waals surface area contributed by atoms with E-state index in [1.54, 1.807) is 46.6 Å². The first kappa shape index (κ1) is 22.7. The van der Waals surface area contributed by atoms with Gasteiger partial charge in [0.15, 0.2) is 21.9 Å². The first-order valence-electron chi connectivity index (χ1n) is 10.1. The molecule has 8 nitrogen and oxygen atoms in total. The summed E-state index contributed by atoms with van der Waals surface area (Å²) in [6.45, 7) is 0. The van der Waals surface area contributed by atoms with Crippen LogP contribution in [0.1, 0.15) is 34.1 Å². The van der Waals surface area contributed by atoms with Crippen molar-refractivity contribution in [3.8, 4) is 23.0 Å². The highest BCUT2D eigenvalue weighted by Crippen LogP contribution is 2.42. The lowest BCUT2D eigenvalue weighted by Crippen LogP contribution is -2.27. The summed E-state index contributed by atoms with van der Waals surface area (Å²) in [6, 6.07) is 13.9. The first-order valence-corrected chi connectivity index (χ1v) is 10.9. The number of ether oxygens (including phenoxy) is 4. The quantitative estimate of drug-likeness (QED) is 0.437. The number of hydrogen-bond acceptors (Lipinski definition) is 7. The average molecular weight is 515 g/mol. The van der Waals surface area contributed by atoms with E-state index in [1.165, 1.54) is 5.01 Å². The zero-order chi connectivity index (χ0) is 23.5. The number of carbonyl (C=O) groups excluding carboxylic acids is 1. The van der Waals surface area contributed by atoms with E-state index in [9.17, 15) is 4.79 Å². The molecule has 4 rings (SSSR count). The minimum atomic E-state index is -0.446. The Bertz CT molecular complexity index is 1180. The zero-order valence-electron chi connectivity index (χ0n) is 18.6. The summed E-state index contributed by atoms with van der Waals surface area (Å²) >= 11 is 3.25. The molecule has 1 aliphatic heterocycles. The van der Waals surface area contributed by atoms with Crippen LogP contribution in [0.15, 0.2) is 62.7 Å². The van der Waals surface area contributed by atoms with E-state index < -0.39 is 6.04 Å². The number of halogens is 1. The molecule has 1 aromatic heterocycles. The number of hydrogen-bond donors (Lipinski definition) is 0. The summed E-state index contributed by atoms with van der Waals surface area (Å²) in [5.41, 5.74) is 2.25. The van der Waals surface area contributed by atoms with Crippen LogP contribution >= 0.6 is 15.9 Å². The lowest BCUT2D eigenvalue weighted by Gasteiger charge is -2.23. The zero-order valence-corrected chi connectivity index (χ0v) is 20.2. The van der Waals surface area contributed by atoms with Crippen LogP contribution < -0.4 is 18.9 Å². The summed E-state index contributed by atoms with van der Waals surface area (Å²) in [6.07, 6.45) is 0.438. The number of amides is 1. The summed E-state index contributed by atoms with van der Waals surface area (Å²) in [4.78, 5) is 13.4. The Morgan fingerprint density at radius 3 is 2.30 bits per heavy atom. The Hall–Kier alpha value is -3.46. The lowest BCUT2D eigenvalue weighted by molar-refractivity contribution is 0.0675. The number of methoxy groups -OCH3 is 4. The fraction of sp³-hybridized carbons (Fsp3) is 0.250. The van der Waals surface area contributed by atoms with Gasteiger partial charge in [0, 0.05) is 23.6 Å². The third-order valence-corrected chi connectivity index (χ3v) is 5.81. The molecule has 1 atom stereocenters. The maximum absolute atomic E-state index is 13.4. The highest BCUT2D eigenvalue weighted by Gasteiger charge is 2.37. The van der Waals surface area contributed by atoms with Gasteiger partial charge in [-0.1, -0.05) is 12.1 Å². The van der Waals surface area contributed by atoms with E-state index in [0.29, 0.717) is 39.8 Å². The molecule has 0 saturated heterocycles. The smallest absolute Gasteiger partial charge is 0.310 e. The standard InChI is InChI=1S/C24H23BrN2O6/c1-29-15-10-14(11-16(12-15)30-2)18-13-19(17-6-5-7-20(31-3)23(17)32-4)27(26-18)24(28)21-8-9-22(25)33-21/h5-12,19H,13H2,1-4H3. The van der Waals surface area contributed by atoms with Gasteiger partial charge in [-0.15, -0.1) is 0 Å². The van der Waals surface area contributed by atoms with Crippen LogP contribution in [0.25, 0.3) is 0 Å². The fourth-order valence-electron chi connectivity index (χ4n) is 3.80. The van der Waals surface area contributed by atoms with Crippen LogP contribution in [-0.4, -0.2) is 45.1 Å². The van der Waals surface area contributed by atoms with Gasteiger partial charge < -0.3 is 23.4 Å². The van der Waals surface area contributed by atoms with Gasteiger partial charge in [-0.3, -0.25) is 4.79 Å². The van der Waals surface area contributed by atoms with Gasteiger partial charge in [-0.2, -0.15) is 5.10 Å². The van der Waals surface area contributed by atoms with Crippen molar-refractivity contribution in [1.82, 2.24) is 5.01 Å². The number of para-hydroxylation sites is 1. The molecule has 172 valence electrons. The molecule has 1 unspecified atom stereocenters. The van der Waals surface area contributed by atoms with Crippen molar-refractivity contribution in [3.63, 3.8) is 0 Å². The van der Waals surface area contributed by atoms with E-state index in [-0.39, 0.29) is 11.7 Å². The van der Waals surface area contributed by atoms with Crippen molar-refractivity contribution in [2.45, 2.75) is 12.5 Å². The third kappa shape index (κ3) is 4.41. The first-order chi connectivity index (χ1) is 16.0. The van der Waals surface area contributed by atoms with E-state index in [2.05, 4.69) is 15.9 Å². The summed E-state index contributed by atoms with van der Waals surface area (Å²) < 4.78 is 27.9. The second kappa shape index (κ2) is 9.58. The number of hydrazone groups is 1. The molecule has 0 aliphatic carbocycles. The van der Waals surface area contributed by atoms with Crippen LogP contribution in [0.4, 0.5) is 0 Å². The number of carbonyl (C=O) groups is 1. The summed E-state index contributed by atoms with van der Waals surface area (Å²) in [5.74, 6) is 2.16. The normalized spacial score (nSPS) is 15.2. The van der Waals surface area contributed by atoms with Gasteiger partial charge in [0.1, 0.15) is 11.5 Å². The Morgan fingerprint density at radius 2 is 1.73 bits per heavy atom. The van der Waals surface area contributed by atoms with Crippen molar-refractivity contribution in [2.75, 3.05) is 28.4 Å². The number of benzene rings is 2. The molecule has 1 amide bonds. The summed E-state index contributed by atoms with van der Waals surface area (Å²) in [5, 5.41) is 6.12. The lowest BCUT2D eigenvalue weighted by atomic mass is 9.97. The largest absolute Gasteiger partial charge is 0.497 e. The van der Waals surface area contributed by atoms with Crippen molar-refractivity contribution >= 4 is 27.5 Å². The van der Waals surface area contributed by atoms with Crippen LogP contribution in [0, 0.1) is 0 Å². The van der Waals surface area contributed by atoms with Gasteiger partial charge >= 0.3 is 5.91 Å². The number of rotatable bonds is 7. The van der Waals surface area contributed by atoms with E-state index >= 15 is 0 Å². The molecule has 0 fully saturated rings. The van der Waals surface area contributed by atoms with Crippen molar-refractivity contribution in [2.24, 2.45) is 5.10 Å². The van der Waals surface area contributed by atoms with Crippen LogP contribution in [0.2, 0.25) is 0 Å². The Morgan fingerprint density at radius 1 is 1.00 bits per heavy atom. The maximum Gasteiger partial charge on any atom is 0.310 e. The third-order valence-electron chi connectivity index (χ3n) is 5.38. The molecule has 33 heavy (non-hydrogen) atoms. The maximum atomic E-state index is 13.4. The molecule has 2 aromatic carbocycles. The highest BCUT2D eigenvalue weighted by molar-refractivity contribution is 9.10. The van der Waals surface area contributed by atoms with Gasteiger partial charge in [0.25, 0.3) is 0 Å². The van der Waals surface area contributed by atoms with Gasteiger partial charge in [0.2, 0.25) is 0 Å². The molecular formula is C24H23BrN2O6. The highest BCUT2D eigenvalue weighted by atomic mass is 79.9. The fourth-order valence-corrected chi connectivity index (χ4v) is 4.11. The Labute approximate surface area is 199 Å². The number of nitrogens with zero attached hydrogens (tertiary/aromatic N) is 2. The molecular weight excluding hydrogens is 492 g/mol. The molecule has 0 spiro atoms. The second-order valence-electron chi connectivity index (χ2n) is 7.20. The SMILES string of the molecule is COc1cc(OC)cc(C2=NN(C(=O)c3ccc(Br)o3)C(c3cccc(OC)c3OC)C2)c1. The van der Waals surface area contributed by atoms with Crippen LogP contribution in [0.5, 0.6) is 23.0 Å². The van der Waals surface area contributed by atoms with Crippen molar-refractivity contribution < 1.29 is 28.2 Å². The predicted molar refractivity (Wildman–Crippen MR) is 126 cm³/mol. The Balaban J connectivity index is 1.82. The second-order valence-corrected chi connectivity index (χ2v) is 7.99. The molecule has 1 aliphatic rings. The molecule has 0 bridgehead atoms. The molecule has 0 radical (unpaired) electrons.